The van der Waals surface area contributed by atoms with Crippen LogP contribution in [0.5, 0.6) is 0 Å². The number of halogens is 1. The van der Waals surface area contributed by atoms with Crippen molar-refractivity contribution in [2.45, 2.75) is 6.54 Å². The van der Waals surface area contributed by atoms with Crippen LogP contribution in [0.1, 0.15) is 11.1 Å². The van der Waals surface area contributed by atoms with E-state index in [4.69, 9.17) is 22.6 Å². The normalized spacial score (nSPS) is 9.78. The predicted molar refractivity (Wildman–Crippen MR) is 74.3 cm³/mol. The average Bonchev–Trinajstić information content (AvgIpc) is 2.36. The van der Waals surface area contributed by atoms with E-state index >= 15 is 0 Å². The Kier molecular flexibility index (Phi) is 3.71. The van der Waals surface area contributed by atoms with Crippen molar-refractivity contribution in [3.63, 3.8) is 0 Å². The van der Waals surface area contributed by atoms with Gasteiger partial charge >= 0.3 is 0 Å². The second-order valence-corrected chi connectivity index (χ2v) is 4.28. The Morgan fingerprint density at radius 3 is 2.72 bits per heavy atom. The molecule has 2 aromatic rings. The summed E-state index contributed by atoms with van der Waals surface area (Å²) < 4.78 is 0. The predicted octanol–water partition coefficient (Wildman–Crippen LogP) is 3.41. The highest BCUT2D eigenvalue weighted by atomic mass is 35.5. The van der Waals surface area contributed by atoms with Gasteiger partial charge in [0.2, 0.25) is 0 Å². The van der Waals surface area contributed by atoms with Gasteiger partial charge in [-0.25, -0.2) is 0 Å². The van der Waals surface area contributed by atoms with Gasteiger partial charge in [0, 0.05) is 12.2 Å². The molecule has 0 saturated carbocycles. The Balaban J connectivity index is 2.16. The van der Waals surface area contributed by atoms with Crippen LogP contribution in [0.15, 0.2) is 42.5 Å². The molecule has 0 aliphatic carbocycles. The smallest absolute Gasteiger partial charge is 0.103 e. The minimum atomic E-state index is 0.454. The van der Waals surface area contributed by atoms with Gasteiger partial charge < -0.3 is 11.1 Å². The molecule has 0 fully saturated rings. The van der Waals surface area contributed by atoms with Crippen molar-refractivity contribution in [1.29, 1.82) is 5.26 Å². The van der Waals surface area contributed by atoms with E-state index in [1.54, 1.807) is 6.07 Å². The zero-order valence-electron chi connectivity index (χ0n) is 9.65. The molecule has 0 heterocycles. The minimum Gasteiger partial charge on any atom is -0.399 e. The molecule has 2 rings (SSSR count). The molecule has 0 atom stereocenters. The number of hydrogen-bond donors (Lipinski definition) is 2. The lowest BCUT2D eigenvalue weighted by Crippen LogP contribution is -2.02. The van der Waals surface area contributed by atoms with Crippen LogP contribution >= 0.6 is 11.6 Å². The molecule has 3 N–H and O–H groups in total. The zero-order chi connectivity index (χ0) is 13.0. The molecule has 0 aliphatic heterocycles. The van der Waals surface area contributed by atoms with Gasteiger partial charge in [-0.05, 0) is 29.8 Å². The van der Waals surface area contributed by atoms with Crippen LogP contribution in [0.2, 0.25) is 5.02 Å². The molecule has 0 unspecified atom stereocenters. The summed E-state index contributed by atoms with van der Waals surface area (Å²) in [5.41, 5.74) is 8.67. The van der Waals surface area contributed by atoms with Crippen molar-refractivity contribution in [2.75, 3.05) is 11.1 Å². The van der Waals surface area contributed by atoms with Gasteiger partial charge in [0.25, 0.3) is 0 Å². The third-order valence-electron chi connectivity index (χ3n) is 2.56. The lowest BCUT2D eigenvalue weighted by atomic mass is 10.1. The molecule has 0 saturated heterocycles. The first-order valence-electron chi connectivity index (χ1n) is 5.47. The van der Waals surface area contributed by atoms with Crippen molar-refractivity contribution in [3.05, 3.63) is 58.6 Å². The first kappa shape index (κ1) is 12.3. The quantitative estimate of drug-likeness (QED) is 0.829. The summed E-state index contributed by atoms with van der Waals surface area (Å²) in [6.45, 7) is 0.597. The highest BCUT2D eigenvalue weighted by Gasteiger charge is 2.05. The fourth-order valence-corrected chi connectivity index (χ4v) is 1.90. The number of hydrogen-bond acceptors (Lipinski definition) is 3. The van der Waals surface area contributed by atoms with Crippen LogP contribution < -0.4 is 11.1 Å². The number of nitriles is 1. The van der Waals surface area contributed by atoms with E-state index < -0.39 is 0 Å². The topological polar surface area (TPSA) is 61.8 Å². The summed E-state index contributed by atoms with van der Waals surface area (Å²) in [6, 6.07) is 15.0. The lowest BCUT2D eigenvalue weighted by Gasteiger charge is -2.09. The number of rotatable bonds is 3. The van der Waals surface area contributed by atoms with Crippen molar-refractivity contribution in [1.82, 2.24) is 0 Å². The Bertz CT molecular complexity index is 602. The van der Waals surface area contributed by atoms with E-state index in [2.05, 4.69) is 11.4 Å². The van der Waals surface area contributed by atoms with Gasteiger partial charge in [0.1, 0.15) is 6.07 Å². The van der Waals surface area contributed by atoms with Crippen LogP contribution in [0.3, 0.4) is 0 Å². The van der Waals surface area contributed by atoms with Crippen LogP contribution in [-0.4, -0.2) is 0 Å². The molecule has 3 nitrogen and oxygen atoms in total. The van der Waals surface area contributed by atoms with Crippen LogP contribution in [0.4, 0.5) is 11.4 Å². The molecule has 0 aliphatic rings. The first-order chi connectivity index (χ1) is 8.70. The Labute approximate surface area is 111 Å². The minimum absolute atomic E-state index is 0.454. The molecule has 0 amide bonds. The number of nitrogens with two attached hydrogens (primary N) is 1. The molecular formula is C14H12ClN3. The van der Waals surface area contributed by atoms with Gasteiger partial charge in [-0.1, -0.05) is 29.8 Å². The van der Waals surface area contributed by atoms with E-state index in [0.29, 0.717) is 17.1 Å². The van der Waals surface area contributed by atoms with Crippen LogP contribution in [0.25, 0.3) is 0 Å². The third kappa shape index (κ3) is 2.73. The summed E-state index contributed by atoms with van der Waals surface area (Å²) >= 11 is 5.95. The number of nitrogens with one attached hydrogen (secondary N) is 1. The van der Waals surface area contributed by atoms with Crippen LogP contribution in [0, 0.1) is 11.3 Å². The molecule has 2 aromatic carbocycles. The fourth-order valence-electron chi connectivity index (χ4n) is 1.69. The molecule has 0 spiro atoms. The highest BCUT2D eigenvalue weighted by molar-refractivity contribution is 6.32. The van der Waals surface area contributed by atoms with E-state index in [1.165, 1.54) is 0 Å². The van der Waals surface area contributed by atoms with Crippen molar-refractivity contribution in [3.8, 4) is 6.07 Å². The summed E-state index contributed by atoms with van der Waals surface area (Å²) in [4.78, 5) is 0. The monoisotopic (exact) mass is 257 g/mol. The molecule has 0 bridgehead atoms. The molecule has 18 heavy (non-hydrogen) atoms. The van der Waals surface area contributed by atoms with Crippen molar-refractivity contribution < 1.29 is 0 Å². The van der Waals surface area contributed by atoms with Gasteiger partial charge in [-0.15, -0.1) is 0 Å². The number of nitrogen functional groups attached to an aromatic ring is 1. The van der Waals surface area contributed by atoms with Gasteiger partial charge in [0.15, 0.2) is 0 Å². The van der Waals surface area contributed by atoms with Gasteiger partial charge in [0.05, 0.1) is 16.3 Å². The number of benzene rings is 2. The first-order valence-corrected chi connectivity index (χ1v) is 5.85. The maximum atomic E-state index is 9.05. The summed E-state index contributed by atoms with van der Waals surface area (Å²) in [5, 5.41) is 12.7. The molecule has 4 heteroatoms. The molecule has 0 radical (unpaired) electrons. The van der Waals surface area contributed by atoms with Crippen molar-refractivity contribution in [2.24, 2.45) is 0 Å². The molecular weight excluding hydrogens is 246 g/mol. The summed E-state index contributed by atoms with van der Waals surface area (Å²) in [5.74, 6) is 0. The Morgan fingerprint density at radius 1 is 1.22 bits per heavy atom. The van der Waals surface area contributed by atoms with Gasteiger partial charge in [-0.3, -0.25) is 0 Å². The van der Waals surface area contributed by atoms with E-state index in [0.717, 1.165) is 16.9 Å². The molecule has 90 valence electrons. The maximum absolute atomic E-state index is 9.05. The lowest BCUT2D eigenvalue weighted by molar-refractivity contribution is 1.15. The number of nitrogens with zero attached hydrogens (tertiary/aromatic N) is 1. The van der Waals surface area contributed by atoms with E-state index in [1.807, 2.05) is 36.4 Å². The summed E-state index contributed by atoms with van der Waals surface area (Å²) in [7, 11) is 0. The Morgan fingerprint density at radius 2 is 2.00 bits per heavy atom. The van der Waals surface area contributed by atoms with E-state index in [9.17, 15) is 0 Å². The SMILES string of the molecule is N#Cc1c(Cl)cccc1NCc1cccc(N)c1. The fraction of sp³-hybridized carbons (Fsp3) is 0.0714. The third-order valence-corrected chi connectivity index (χ3v) is 2.87. The number of anilines is 2. The maximum Gasteiger partial charge on any atom is 0.103 e. The Hall–Kier alpha value is -2.18. The summed E-state index contributed by atoms with van der Waals surface area (Å²) in [6.07, 6.45) is 0. The average molecular weight is 258 g/mol. The largest absolute Gasteiger partial charge is 0.399 e. The highest BCUT2D eigenvalue weighted by Crippen LogP contribution is 2.23. The zero-order valence-corrected chi connectivity index (χ0v) is 10.4. The second kappa shape index (κ2) is 5.44. The van der Waals surface area contributed by atoms with Gasteiger partial charge in [-0.2, -0.15) is 5.26 Å². The standard InChI is InChI=1S/C14H12ClN3/c15-13-5-2-6-14(12(13)8-16)18-9-10-3-1-4-11(17)7-10/h1-7,18H,9,17H2. The molecule has 0 aromatic heterocycles. The van der Waals surface area contributed by atoms with Crippen molar-refractivity contribution >= 4 is 23.0 Å². The second-order valence-electron chi connectivity index (χ2n) is 3.87. The van der Waals surface area contributed by atoms with Crippen LogP contribution in [-0.2, 0) is 6.54 Å². The van der Waals surface area contributed by atoms with E-state index in [-0.39, 0.29) is 0 Å².